The molecule has 1 nitrogen and oxygen atoms in total. The number of rotatable bonds is 5. The van der Waals surface area contributed by atoms with Gasteiger partial charge in [-0.2, -0.15) is 0 Å². The van der Waals surface area contributed by atoms with Crippen molar-refractivity contribution in [3.05, 3.63) is 33.8 Å². The highest BCUT2D eigenvalue weighted by Crippen LogP contribution is 2.29. The molecule has 0 saturated carbocycles. The first kappa shape index (κ1) is 14.7. The minimum Gasteiger partial charge on any atom is -0.316 e. The zero-order valence-corrected chi connectivity index (χ0v) is 12.6. The van der Waals surface area contributed by atoms with Crippen LogP contribution in [0.25, 0.3) is 0 Å². The molecule has 0 spiro atoms. The molecular formula is C14H21BrFN. The minimum absolute atomic E-state index is 0.322. The van der Waals surface area contributed by atoms with Crippen molar-refractivity contribution in [2.75, 3.05) is 13.6 Å². The maximum atomic E-state index is 14.3. The van der Waals surface area contributed by atoms with Gasteiger partial charge in [-0.1, -0.05) is 41.9 Å². The van der Waals surface area contributed by atoms with Crippen LogP contribution in [-0.4, -0.2) is 13.6 Å². The van der Waals surface area contributed by atoms with Crippen molar-refractivity contribution in [1.29, 1.82) is 0 Å². The van der Waals surface area contributed by atoms with E-state index in [0.717, 1.165) is 10.9 Å². The standard InChI is InChI=1S/C14H21BrFN/c1-10(2)7-11-5-6-12(8-13(11)15)14(3,16)9-17-4/h5-6,8,10,17H,7,9H2,1-4H3. The molecular weight excluding hydrogens is 281 g/mol. The van der Waals surface area contributed by atoms with E-state index in [2.05, 4.69) is 35.1 Å². The third kappa shape index (κ3) is 4.07. The second-order valence-corrected chi connectivity index (χ2v) is 5.99. The number of benzene rings is 1. The fraction of sp³-hybridized carbons (Fsp3) is 0.571. The van der Waals surface area contributed by atoms with E-state index in [0.29, 0.717) is 18.0 Å². The Hall–Kier alpha value is -0.410. The molecule has 0 aliphatic carbocycles. The molecule has 0 saturated heterocycles. The lowest BCUT2D eigenvalue weighted by Gasteiger charge is -2.21. The predicted octanol–water partition coefficient (Wildman–Crippen LogP) is 4.05. The molecule has 0 aromatic heterocycles. The van der Waals surface area contributed by atoms with E-state index in [4.69, 9.17) is 0 Å². The average molecular weight is 302 g/mol. The van der Waals surface area contributed by atoms with Gasteiger partial charge in [-0.3, -0.25) is 0 Å². The molecule has 1 N–H and O–H groups in total. The van der Waals surface area contributed by atoms with Crippen molar-refractivity contribution in [1.82, 2.24) is 5.32 Å². The lowest BCUT2D eigenvalue weighted by atomic mass is 9.94. The summed E-state index contributed by atoms with van der Waals surface area (Å²) < 4.78 is 15.3. The second kappa shape index (κ2) is 5.96. The quantitative estimate of drug-likeness (QED) is 0.865. The van der Waals surface area contributed by atoms with E-state index in [1.165, 1.54) is 5.56 Å². The van der Waals surface area contributed by atoms with Crippen molar-refractivity contribution in [3.8, 4) is 0 Å². The fourth-order valence-electron chi connectivity index (χ4n) is 1.91. The van der Waals surface area contributed by atoms with Crippen molar-refractivity contribution in [3.63, 3.8) is 0 Å². The van der Waals surface area contributed by atoms with Crippen LogP contribution in [0, 0.1) is 5.92 Å². The molecule has 17 heavy (non-hydrogen) atoms. The summed E-state index contributed by atoms with van der Waals surface area (Å²) in [6, 6.07) is 5.81. The summed E-state index contributed by atoms with van der Waals surface area (Å²) in [6.45, 7) is 6.29. The van der Waals surface area contributed by atoms with Gasteiger partial charge in [0, 0.05) is 11.0 Å². The van der Waals surface area contributed by atoms with Crippen LogP contribution >= 0.6 is 15.9 Å². The van der Waals surface area contributed by atoms with Crippen LogP contribution in [0.4, 0.5) is 4.39 Å². The Bertz CT molecular complexity index is 374. The first-order valence-electron chi connectivity index (χ1n) is 5.99. The number of nitrogens with one attached hydrogen (secondary N) is 1. The molecule has 0 amide bonds. The Morgan fingerprint density at radius 3 is 2.53 bits per heavy atom. The first-order chi connectivity index (χ1) is 7.86. The Morgan fingerprint density at radius 2 is 2.06 bits per heavy atom. The molecule has 1 unspecified atom stereocenters. The van der Waals surface area contributed by atoms with Gasteiger partial charge in [0.1, 0.15) is 5.67 Å². The molecule has 1 aromatic carbocycles. The van der Waals surface area contributed by atoms with Gasteiger partial charge in [-0.25, -0.2) is 4.39 Å². The number of halogens is 2. The lowest BCUT2D eigenvalue weighted by molar-refractivity contribution is 0.190. The molecule has 0 radical (unpaired) electrons. The summed E-state index contributed by atoms with van der Waals surface area (Å²) >= 11 is 3.53. The van der Waals surface area contributed by atoms with Crippen LogP contribution in [0.5, 0.6) is 0 Å². The van der Waals surface area contributed by atoms with Gasteiger partial charge in [0.15, 0.2) is 0 Å². The molecule has 1 aromatic rings. The molecule has 1 atom stereocenters. The summed E-state index contributed by atoms with van der Waals surface area (Å²) in [5, 5.41) is 2.88. The SMILES string of the molecule is CNCC(C)(F)c1ccc(CC(C)C)c(Br)c1. The van der Waals surface area contributed by atoms with Gasteiger partial charge in [-0.05, 0) is 43.5 Å². The maximum Gasteiger partial charge on any atom is 0.145 e. The summed E-state index contributed by atoms with van der Waals surface area (Å²) in [5.41, 5.74) is 0.628. The van der Waals surface area contributed by atoms with Gasteiger partial charge >= 0.3 is 0 Å². The molecule has 3 heteroatoms. The number of likely N-dealkylation sites (N-methyl/N-ethyl adjacent to an activating group) is 1. The van der Waals surface area contributed by atoms with Crippen LogP contribution in [0.3, 0.4) is 0 Å². The van der Waals surface area contributed by atoms with Crippen LogP contribution in [0.2, 0.25) is 0 Å². The van der Waals surface area contributed by atoms with Gasteiger partial charge in [0.05, 0.1) is 0 Å². The van der Waals surface area contributed by atoms with E-state index < -0.39 is 5.67 Å². The summed E-state index contributed by atoms with van der Waals surface area (Å²) in [7, 11) is 1.76. The second-order valence-electron chi connectivity index (χ2n) is 5.13. The van der Waals surface area contributed by atoms with E-state index in [9.17, 15) is 4.39 Å². The highest BCUT2D eigenvalue weighted by atomic mass is 79.9. The third-order valence-corrected chi connectivity index (χ3v) is 3.53. The first-order valence-corrected chi connectivity index (χ1v) is 6.78. The van der Waals surface area contributed by atoms with Crippen LogP contribution in [0.15, 0.2) is 22.7 Å². The Kier molecular flexibility index (Phi) is 5.14. The number of alkyl halides is 1. The monoisotopic (exact) mass is 301 g/mol. The average Bonchev–Trinajstić information content (AvgIpc) is 2.20. The minimum atomic E-state index is -1.33. The van der Waals surface area contributed by atoms with Crippen LogP contribution in [-0.2, 0) is 12.1 Å². The van der Waals surface area contributed by atoms with Gasteiger partial charge in [-0.15, -0.1) is 0 Å². The van der Waals surface area contributed by atoms with Crippen molar-refractivity contribution in [2.24, 2.45) is 5.92 Å². The molecule has 1 rings (SSSR count). The topological polar surface area (TPSA) is 12.0 Å². The van der Waals surface area contributed by atoms with Crippen LogP contribution in [0.1, 0.15) is 31.9 Å². The highest BCUT2D eigenvalue weighted by molar-refractivity contribution is 9.10. The molecule has 96 valence electrons. The Balaban J connectivity index is 2.95. The highest BCUT2D eigenvalue weighted by Gasteiger charge is 2.25. The predicted molar refractivity (Wildman–Crippen MR) is 75.1 cm³/mol. The molecule has 0 heterocycles. The summed E-state index contributed by atoms with van der Waals surface area (Å²) in [4.78, 5) is 0. The molecule has 0 bridgehead atoms. The normalized spacial score (nSPS) is 15.0. The van der Waals surface area contributed by atoms with E-state index in [1.807, 2.05) is 18.2 Å². The van der Waals surface area contributed by atoms with E-state index in [1.54, 1.807) is 14.0 Å². The lowest BCUT2D eigenvalue weighted by Crippen LogP contribution is -2.29. The summed E-state index contributed by atoms with van der Waals surface area (Å²) in [6.07, 6.45) is 1.01. The summed E-state index contributed by atoms with van der Waals surface area (Å²) in [5.74, 6) is 0.603. The van der Waals surface area contributed by atoms with Crippen molar-refractivity contribution in [2.45, 2.75) is 32.9 Å². The van der Waals surface area contributed by atoms with Gasteiger partial charge < -0.3 is 5.32 Å². The molecule has 0 aliphatic rings. The Morgan fingerprint density at radius 1 is 1.41 bits per heavy atom. The van der Waals surface area contributed by atoms with Crippen molar-refractivity contribution < 1.29 is 4.39 Å². The largest absolute Gasteiger partial charge is 0.316 e. The fourth-order valence-corrected chi connectivity index (χ4v) is 2.45. The zero-order chi connectivity index (χ0) is 13.1. The van der Waals surface area contributed by atoms with Crippen molar-refractivity contribution >= 4 is 15.9 Å². The van der Waals surface area contributed by atoms with E-state index in [-0.39, 0.29) is 0 Å². The molecule has 0 aliphatic heterocycles. The molecule has 0 fully saturated rings. The maximum absolute atomic E-state index is 14.3. The smallest absolute Gasteiger partial charge is 0.145 e. The Labute approximate surface area is 112 Å². The van der Waals surface area contributed by atoms with Gasteiger partial charge in [0.25, 0.3) is 0 Å². The van der Waals surface area contributed by atoms with E-state index >= 15 is 0 Å². The van der Waals surface area contributed by atoms with Crippen LogP contribution < -0.4 is 5.32 Å². The van der Waals surface area contributed by atoms with Gasteiger partial charge in [0.2, 0.25) is 0 Å². The number of hydrogen-bond acceptors (Lipinski definition) is 1. The zero-order valence-electron chi connectivity index (χ0n) is 11.0. The number of hydrogen-bond donors (Lipinski definition) is 1. The third-order valence-electron chi connectivity index (χ3n) is 2.79.